The first-order chi connectivity index (χ1) is 7.43. The van der Waals surface area contributed by atoms with Gasteiger partial charge in [-0.1, -0.05) is 18.6 Å². The maximum atomic E-state index is 10.5. The molecule has 90 valence electrons. The van der Waals surface area contributed by atoms with Gasteiger partial charge in [0, 0.05) is 11.6 Å². The van der Waals surface area contributed by atoms with Crippen LogP contribution in [0.5, 0.6) is 5.75 Å². The fraction of sp³-hybridized carbons (Fsp3) is 0.538. The molecule has 0 aliphatic heterocycles. The van der Waals surface area contributed by atoms with Gasteiger partial charge in [-0.05, 0) is 32.4 Å². The monoisotopic (exact) mass is 223 g/mol. The molecule has 3 N–H and O–H groups in total. The van der Waals surface area contributed by atoms with E-state index in [1.54, 1.807) is 14.0 Å². The number of benzene rings is 1. The van der Waals surface area contributed by atoms with Crippen molar-refractivity contribution in [3.05, 3.63) is 29.3 Å². The summed E-state index contributed by atoms with van der Waals surface area (Å²) in [5, 5.41) is 10.5. The quantitative estimate of drug-likeness (QED) is 0.820. The summed E-state index contributed by atoms with van der Waals surface area (Å²) in [6, 6.07) is 5.44. The lowest BCUT2D eigenvalue weighted by Crippen LogP contribution is -2.42. The molecule has 0 radical (unpaired) electrons. The second kappa shape index (κ2) is 4.85. The SMILES string of the molecule is CCC(N)C(C)(O)c1cc(C)ccc1OC. The summed E-state index contributed by atoms with van der Waals surface area (Å²) in [6.45, 7) is 5.68. The van der Waals surface area contributed by atoms with Crippen LogP contribution in [0.15, 0.2) is 18.2 Å². The zero-order valence-corrected chi connectivity index (χ0v) is 10.4. The zero-order valence-electron chi connectivity index (χ0n) is 10.4. The van der Waals surface area contributed by atoms with E-state index < -0.39 is 5.60 Å². The third-order valence-corrected chi connectivity index (χ3v) is 3.06. The van der Waals surface area contributed by atoms with Gasteiger partial charge in [0.05, 0.1) is 7.11 Å². The highest BCUT2D eigenvalue weighted by molar-refractivity contribution is 5.41. The first kappa shape index (κ1) is 13.0. The van der Waals surface area contributed by atoms with Crippen molar-refractivity contribution < 1.29 is 9.84 Å². The molecule has 0 fully saturated rings. The van der Waals surface area contributed by atoms with Gasteiger partial charge >= 0.3 is 0 Å². The van der Waals surface area contributed by atoms with E-state index in [1.165, 1.54) is 0 Å². The smallest absolute Gasteiger partial charge is 0.125 e. The van der Waals surface area contributed by atoms with Crippen molar-refractivity contribution in [1.29, 1.82) is 0 Å². The van der Waals surface area contributed by atoms with Crippen molar-refractivity contribution in [3.8, 4) is 5.75 Å². The zero-order chi connectivity index (χ0) is 12.3. The van der Waals surface area contributed by atoms with E-state index >= 15 is 0 Å². The molecule has 1 aromatic rings. The average Bonchev–Trinajstić information content (AvgIpc) is 2.27. The highest BCUT2D eigenvalue weighted by Crippen LogP contribution is 2.33. The first-order valence-electron chi connectivity index (χ1n) is 5.56. The Labute approximate surface area is 97.2 Å². The topological polar surface area (TPSA) is 55.5 Å². The number of hydrogen-bond donors (Lipinski definition) is 2. The number of aryl methyl sites for hydroxylation is 1. The van der Waals surface area contributed by atoms with Gasteiger partial charge in [-0.3, -0.25) is 0 Å². The van der Waals surface area contributed by atoms with Gasteiger partial charge in [-0.15, -0.1) is 0 Å². The Morgan fingerprint density at radius 1 is 1.50 bits per heavy atom. The van der Waals surface area contributed by atoms with E-state index in [0.717, 1.165) is 11.1 Å². The van der Waals surface area contributed by atoms with Crippen LogP contribution in [0.1, 0.15) is 31.4 Å². The van der Waals surface area contributed by atoms with Gasteiger partial charge in [0.15, 0.2) is 0 Å². The molecule has 0 amide bonds. The Morgan fingerprint density at radius 3 is 2.62 bits per heavy atom. The third kappa shape index (κ3) is 2.36. The largest absolute Gasteiger partial charge is 0.496 e. The average molecular weight is 223 g/mol. The third-order valence-electron chi connectivity index (χ3n) is 3.06. The molecular weight excluding hydrogens is 202 g/mol. The second-order valence-corrected chi connectivity index (χ2v) is 4.37. The molecule has 0 aliphatic carbocycles. The van der Waals surface area contributed by atoms with E-state index in [2.05, 4.69) is 0 Å². The van der Waals surface area contributed by atoms with Crippen molar-refractivity contribution in [1.82, 2.24) is 0 Å². The summed E-state index contributed by atoms with van der Waals surface area (Å²) in [6.07, 6.45) is 0.712. The van der Waals surface area contributed by atoms with Crippen LogP contribution in [0.25, 0.3) is 0 Å². The van der Waals surface area contributed by atoms with Crippen LogP contribution in [0, 0.1) is 6.92 Å². The molecule has 3 nitrogen and oxygen atoms in total. The summed E-state index contributed by atoms with van der Waals surface area (Å²) in [4.78, 5) is 0. The molecule has 0 spiro atoms. The van der Waals surface area contributed by atoms with Crippen LogP contribution >= 0.6 is 0 Å². The van der Waals surface area contributed by atoms with Gasteiger partial charge in [0.25, 0.3) is 0 Å². The van der Waals surface area contributed by atoms with Crippen molar-refractivity contribution in [3.63, 3.8) is 0 Å². The molecule has 0 aromatic heterocycles. The van der Waals surface area contributed by atoms with E-state index in [1.807, 2.05) is 32.0 Å². The van der Waals surface area contributed by atoms with Crippen LogP contribution < -0.4 is 10.5 Å². The standard InChI is InChI=1S/C13H21NO2/c1-5-12(14)13(3,15)10-8-9(2)6-7-11(10)16-4/h6-8,12,15H,5,14H2,1-4H3. The van der Waals surface area contributed by atoms with Crippen LogP contribution in [-0.2, 0) is 5.60 Å². The fourth-order valence-corrected chi connectivity index (χ4v) is 1.81. The van der Waals surface area contributed by atoms with Crippen molar-refractivity contribution >= 4 is 0 Å². The predicted octanol–water partition coefficient (Wildman–Crippen LogP) is 1.95. The van der Waals surface area contributed by atoms with Crippen LogP contribution in [0.2, 0.25) is 0 Å². The lowest BCUT2D eigenvalue weighted by molar-refractivity contribution is 0.0253. The lowest BCUT2D eigenvalue weighted by atomic mass is 9.86. The highest BCUT2D eigenvalue weighted by atomic mass is 16.5. The number of nitrogens with two attached hydrogens (primary N) is 1. The van der Waals surface area contributed by atoms with Crippen molar-refractivity contribution in [2.75, 3.05) is 7.11 Å². The van der Waals surface area contributed by atoms with Crippen LogP contribution in [0.4, 0.5) is 0 Å². The van der Waals surface area contributed by atoms with Crippen molar-refractivity contribution in [2.45, 2.75) is 38.8 Å². The Hall–Kier alpha value is -1.06. The van der Waals surface area contributed by atoms with Crippen molar-refractivity contribution in [2.24, 2.45) is 5.73 Å². The molecular formula is C13H21NO2. The minimum atomic E-state index is -1.06. The van der Waals surface area contributed by atoms with Crippen LogP contribution in [-0.4, -0.2) is 18.3 Å². The highest BCUT2D eigenvalue weighted by Gasteiger charge is 2.32. The molecule has 0 bridgehead atoms. The Kier molecular flexibility index (Phi) is 3.94. The number of rotatable bonds is 4. The summed E-state index contributed by atoms with van der Waals surface area (Å²) in [7, 11) is 1.60. The van der Waals surface area contributed by atoms with Gasteiger partial charge in [0.1, 0.15) is 11.4 Å². The molecule has 1 rings (SSSR count). The number of ether oxygens (including phenoxy) is 1. The number of methoxy groups -OCH3 is 1. The first-order valence-corrected chi connectivity index (χ1v) is 5.56. The molecule has 3 heteroatoms. The summed E-state index contributed by atoms with van der Waals surface area (Å²) < 4.78 is 5.27. The summed E-state index contributed by atoms with van der Waals surface area (Å²) in [5.41, 5.74) is 6.72. The normalized spacial score (nSPS) is 16.6. The number of aliphatic hydroxyl groups is 1. The predicted molar refractivity (Wildman–Crippen MR) is 65.6 cm³/mol. The van der Waals surface area contributed by atoms with E-state index in [9.17, 15) is 5.11 Å². The molecule has 0 heterocycles. The molecule has 0 aliphatic rings. The van der Waals surface area contributed by atoms with Gasteiger partial charge < -0.3 is 15.6 Å². The van der Waals surface area contributed by atoms with Gasteiger partial charge in [-0.25, -0.2) is 0 Å². The molecule has 2 atom stereocenters. The minimum Gasteiger partial charge on any atom is -0.496 e. The Balaban J connectivity index is 3.24. The maximum Gasteiger partial charge on any atom is 0.125 e. The molecule has 1 aromatic carbocycles. The molecule has 0 saturated heterocycles. The molecule has 16 heavy (non-hydrogen) atoms. The molecule has 0 saturated carbocycles. The van der Waals surface area contributed by atoms with Crippen LogP contribution in [0.3, 0.4) is 0 Å². The fourth-order valence-electron chi connectivity index (χ4n) is 1.81. The Morgan fingerprint density at radius 2 is 2.12 bits per heavy atom. The van der Waals surface area contributed by atoms with E-state index in [4.69, 9.17) is 10.5 Å². The molecule has 2 unspecified atom stereocenters. The lowest BCUT2D eigenvalue weighted by Gasteiger charge is -2.31. The van der Waals surface area contributed by atoms with Gasteiger partial charge in [0.2, 0.25) is 0 Å². The number of hydrogen-bond acceptors (Lipinski definition) is 3. The maximum absolute atomic E-state index is 10.5. The van der Waals surface area contributed by atoms with Gasteiger partial charge in [-0.2, -0.15) is 0 Å². The Bertz CT molecular complexity index is 361. The second-order valence-electron chi connectivity index (χ2n) is 4.37. The van der Waals surface area contributed by atoms with E-state index in [0.29, 0.717) is 12.2 Å². The summed E-state index contributed by atoms with van der Waals surface area (Å²) >= 11 is 0. The summed E-state index contributed by atoms with van der Waals surface area (Å²) in [5.74, 6) is 0.680. The van der Waals surface area contributed by atoms with E-state index in [-0.39, 0.29) is 6.04 Å². The minimum absolute atomic E-state index is 0.303.